The van der Waals surface area contributed by atoms with E-state index in [0.717, 1.165) is 11.8 Å². The lowest BCUT2D eigenvalue weighted by Crippen LogP contribution is -2.41. The first kappa shape index (κ1) is 15.6. The number of nitrogens with zero attached hydrogens (tertiary/aromatic N) is 3. The van der Waals surface area contributed by atoms with E-state index in [0.29, 0.717) is 26.3 Å². The fourth-order valence-corrected chi connectivity index (χ4v) is 2.61. The normalized spacial score (nSPS) is 15.1. The first-order chi connectivity index (χ1) is 10.1. The molecule has 1 amide bonds. The van der Waals surface area contributed by atoms with Crippen molar-refractivity contribution in [1.82, 2.24) is 19.7 Å². The maximum Gasteiger partial charge on any atom is 0.343 e. The molecule has 2 N–H and O–H groups in total. The molecule has 1 aliphatic heterocycles. The maximum atomic E-state index is 12.0. The van der Waals surface area contributed by atoms with Crippen LogP contribution in [0.2, 0.25) is 0 Å². The van der Waals surface area contributed by atoms with Crippen LogP contribution in [0.3, 0.4) is 0 Å². The van der Waals surface area contributed by atoms with Crippen molar-refractivity contribution >= 4 is 23.6 Å². The number of carbonyl (C=O) groups is 2. The number of amides is 1. The molecule has 10 heteroatoms. The summed E-state index contributed by atoms with van der Waals surface area (Å²) in [4.78, 5) is 35.9. The van der Waals surface area contributed by atoms with E-state index in [2.05, 4.69) is 10.2 Å². The molecule has 0 spiro atoms. The zero-order valence-corrected chi connectivity index (χ0v) is 12.1. The number of ether oxygens (including phenoxy) is 1. The van der Waals surface area contributed by atoms with Crippen LogP contribution >= 0.6 is 11.8 Å². The van der Waals surface area contributed by atoms with Gasteiger partial charge >= 0.3 is 11.7 Å². The summed E-state index contributed by atoms with van der Waals surface area (Å²) in [6.07, 6.45) is 0.167. The van der Waals surface area contributed by atoms with E-state index in [9.17, 15) is 14.4 Å². The molecule has 2 rings (SSSR count). The topological polar surface area (TPSA) is 118 Å². The van der Waals surface area contributed by atoms with Crippen molar-refractivity contribution in [1.29, 1.82) is 0 Å². The fourth-order valence-electron chi connectivity index (χ4n) is 1.92. The van der Waals surface area contributed by atoms with Gasteiger partial charge < -0.3 is 14.7 Å². The van der Waals surface area contributed by atoms with Gasteiger partial charge in [-0.1, -0.05) is 11.8 Å². The van der Waals surface area contributed by atoms with Crippen molar-refractivity contribution in [2.45, 2.75) is 18.1 Å². The zero-order valence-electron chi connectivity index (χ0n) is 11.3. The molecule has 1 aliphatic rings. The van der Waals surface area contributed by atoms with Gasteiger partial charge in [0, 0.05) is 26.1 Å². The molecule has 0 atom stereocenters. The Kier molecular flexibility index (Phi) is 5.39. The van der Waals surface area contributed by atoms with Crippen LogP contribution in [0.5, 0.6) is 0 Å². The van der Waals surface area contributed by atoms with E-state index in [1.54, 1.807) is 4.90 Å². The van der Waals surface area contributed by atoms with E-state index in [1.165, 1.54) is 4.57 Å². The van der Waals surface area contributed by atoms with Gasteiger partial charge in [-0.15, -0.1) is 5.10 Å². The number of aliphatic carboxylic acids is 1. The van der Waals surface area contributed by atoms with Gasteiger partial charge in [-0.3, -0.25) is 14.2 Å². The smallest absolute Gasteiger partial charge is 0.343 e. The van der Waals surface area contributed by atoms with Crippen LogP contribution in [0, 0.1) is 0 Å². The van der Waals surface area contributed by atoms with Crippen molar-refractivity contribution in [3.63, 3.8) is 0 Å². The van der Waals surface area contributed by atoms with E-state index < -0.39 is 11.7 Å². The second-order valence-electron chi connectivity index (χ2n) is 4.39. The summed E-state index contributed by atoms with van der Waals surface area (Å²) in [5.74, 6) is -1.24. The summed E-state index contributed by atoms with van der Waals surface area (Å²) in [5, 5.41) is 14.9. The van der Waals surface area contributed by atoms with Crippen LogP contribution in [-0.4, -0.2) is 68.7 Å². The van der Waals surface area contributed by atoms with Crippen molar-refractivity contribution in [2.75, 3.05) is 32.1 Å². The number of carboxylic acids is 1. The third-order valence-corrected chi connectivity index (χ3v) is 3.92. The third kappa shape index (κ3) is 4.33. The summed E-state index contributed by atoms with van der Waals surface area (Å²) in [5.41, 5.74) is -0.447. The average molecular weight is 316 g/mol. The molecule has 0 aliphatic carbocycles. The van der Waals surface area contributed by atoms with Crippen LogP contribution in [0.1, 0.15) is 6.42 Å². The minimum absolute atomic E-state index is 0.0550. The Labute approximate surface area is 124 Å². The molecular formula is C11H16N4O5S. The molecule has 1 fully saturated rings. The van der Waals surface area contributed by atoms with Crippen LogP contribution in [0.15, 0.2) is 9.95 Å². The minimum Gasteiger partial charge on any atom is -0.481 e. The molecule has 0 bridgehead atoms. The largest absolute Gasteiger partial charge is 0.481 e. The van der Waals surface area contributed by atoms with Gasteiger partial charge in [-0.2, -0.15) is 0 Å². The minimum atomic E-state index is -0.994. The van der Waals surface area contributed by atoms with Crippen LogP contribution < -0.4 is 5.69 Å². The first-order valence-corrected chi connectivity index (χ1v) is 7.42. The van der Waals surface area contributed by atoms with Gasteiger partial charge in [0.05, 0.1) is 19.0 Å². The second kappa shape index (κ2) is 7.27. The Balaban J connectivity index is 1.92. The Morgan fingerprint density at radius 3 is 2.76 bits per heavy atom. The number of carboxylic acid groups (broad SMARTS) is 1. The molecule has 21 heavy (non-hydrogen) atoms. The quantitative estimate of drug-likeness (QED) is 0.646. The predicted octanol–water partition coefficient (Wildman–Crippen LogP) is -1.00. The number of aromatic amines is 1. The van der Waals surface area contributed by atoms with Crippen LogP contribution in [-0.2, 0) is 20.9 Å². The molecule has 116 valence electrons. The summed E-state index contributed by atoms with van der Waals surface area (Å²) < 4.78 is 6.45. The Bertz CT molecular complexity index is 563. The van der Waals surface area contributed by atoms with Gasteiger partial charge in [0.15, 0.2) is 5.16 Å². The second-order valence-corrected chi connectivity index (χ2v) is 5.33. The van der Waals surface area contributed by atoms with E-state index in [1.807, 2.05) is 0 Å². The number of rotatable bonds is 6. The lowest BCUT2D eigenvalue weighted by atomic mass is 10.3. The molecule has 0 unspecified atom stereocenters. The van der Waals surface area contributed by atoms with Gasteiger partial charge in [-0.05, 0) is 0 Å². The molecule has 0 radical (unpaired) electrons. The van der Waals surface area contributed by atoms with Crippen molar-refractivity contribution < 1.29 is 19.4 Å². The monoisotopic (exact) mass is 316 g/mol. The lowest BCUT2D eigenvalue weighted by molar-refractivity contribution is -0.135. The summed E-state index contributed by atoms with van der Waals surface area (Å²) in [6, 6.07) is 0. The van der Waals surface area contributed by atoms with Gasteiger partial charge in [0.25, 0.3) is 0 Å². The number of carbonyl (C=O) groups excluding carboxylic acids is 1. The SMILES string of the molecule is O=C(O)CSc1n[nH]c(=O)n1CCC(=O)N1CCOCC1. The Morgan fingerprint density at radius 2 is 2.10 bits per heavy atom. The Hall–Kier alpha value is -1.81. The number of thioether (sulfide) groups is 1. The van der Waals surface area contributed by atoms with E-state index in [4.69, 9.17) is 9.84 Å². The van der Waals surface area contributed by atoms with E-state index >= 15 is 0 Å². The summed E-state index contributed by atoms with van der Waals surface area (Å²) >= 11 is 0.939. The van der Waals surface area contributed by atoms with Crippen LogP contribution in [0.4, 0.5) is 0 Å². The third-order valence-electron chi connectivity index (χ3n) is 2.96. The predicted molar refractivity (Wildman–Crippen MR) is 73.2 cm³/mol. The highest BCUT2D eigenvalue weighted by Crippen LogP contribution is 2.13. The molecule has 2 heterocycles. The van der Waals surface area contributed by atoms with Crippen molar-refractivity contribution in [3.8, 4) is 0 Å². The molecule has 1 aromatic heterocycles. The number of morpholine rings is 1. The molecular weight excluding hydrogens is 300 g/mol. The van der Waals surface area contributed by atoms with Crippen molar-refractivity contribution in [3.05, 3.63) is 10.5 Å². The highest BCUT2D eigenvalue weighted by molar-refractivity contribution is 7.99. The average Bonchev–Trinajstić information content (AvgIpc) is 2.84. The molecule has 1 aromatic rings. The fraction of sp³-hybridized carbons (Fsp3) is 0.636. The molecule has 9 nitrogen and oxygen atoms in total. The lowest BCUT2D eigenvalue weighted by Gasteiger charge is -2.26. The highest BCUT2D eigenvalue weighted by Gasteiger charge is 2.18. The number of hydrogen-bond acceptors (Lipinski definition) is 6. The number of H-pyrrole nitrogens is 1. The molecule has 0 saturated carbocycles. The molecule has 1 saturated heterocycles. The number of nitrogens with one attached hydrogen (secondary N) is 1. The Morgan fingerprint density at radius 1 is 1.38 bits per heavy atom. The van der Waals surface area contributed by atoms with Crippen molar-refractivity contribution in [2.24, 2.45) is 0 Å². The number of aromatic nitrogens is 3. The molecule has 0 aromatic carbocycles. The summed E-state index contributed by atoms with van der Waals surface area (Å²) in [7, 11) is 0. The zero-order chi connectivity index (χ0) is 15.2. The van der Waals surface area contributed by atoms with E-state index in [-0.39, 0.29) is 29.8 Å². The van der Waals surface area contributed by atoms with Gasteiger partial charge in [-0.25, -0.2) is 9.89 Å². The summed E-state index contributed by atoms with van der Waals surface area (Å²) in [6.45, 7) is 2.33. The highest BCUT2D eigenvalue weighted by atomic mass is 32.2. The maximum absolute atomic E-state index is 12.0. The van der Waals surface area contributed by atoms with Gasteiger partial charge in [0.2, 0.25) is 5.91 Å². The van der Waals surface area contributed by atoms with Crippen LogP contribution in [0.25, 0.3) is 0 Å². The van der Waals surface area contributed by atoms with Gasteiger partial charge in [0.1, 0.15) is 0 Å². The first-order valence-electron chi connectivity index (χ1n) is 6.43. The number of hydrogen-bond donors (Lipinski definition) is 2. The standard InChI is InChI=1S/C11H16N4O5S/c16-8(14-3-5-20-6-4-14)1-2-15-10(19)12-13-11(15)21-7-9(17)18/h1-7H2,(H,12,19)(H,17,18).